The average molecular weight is 562 g/mol. The molecule has 1 saturated heterocycles. The number of aliphatic imine (C=N–C) groups is 1. The zero-order valence-corrected chi connectivity index (χ0v) is 24.0. The Morgan fingerprint density at radius 1 is 0.976 bits per heavy atom. The Hall–Kier alpha value is -3.88. The molecule has 0 aromatic heterocycles. The van der Waals surface area contributed by atoms with Gasteiger partial charge in [0.1, 0.15) is 12.1 Å². The number of para-hydroxylation sites is 1. The van der Waals surface area contributed by atoms with Crippen molar-refractivity contribution in [1.82, 2.24) is 5.32 Å². The number of aliphatic hydroxyl groups is 1. The Morgan fingerprint density at radius 3 is 2.27 bits per heavy atom. The van der Waals surface area contributed by atoms with Crippen LogP contribution in [-0.4, -0.2) is 54.9 Å². The molecule has 2 saturated carbocycles. The highest BCUT2D eigenvalue weighted by atomic mass is 19.1. The number of aryl methyl sites for hydroxylation is 1. The normalized spacial score (nSPS) is 18.8. The molecule has 2 amide bonds. The van der Waals surface area contributed by atoms with Gasteiger partial charge in [-0.3, -0.25) is 9.59 Å². The smallest absolute Gasteiger partial charge is 0.277 e. The number of halogens is 1. The topological polar surface area (TPSA) is 97.3 Å². The van der Waals surface area contributed by atoms with Crippen LogP contribution >= 0.6 is 0 Å². The zero-order chi connectivity index (χ0) is 28.9. The lowest BCUT2D eigenvalue weighted by atomic mass is 9.95. The van der Waals surface area contributed by atoms with Crippen molar-refractivity contribution >= 4 is 34.6 Å². The van der Waals surface area contributed by atoms with Crippen molar-refractivity contribution in [3.63, 3.8) is 0 Å². The molecule has 2 aliphatic carbocycles. The fourth-order valence-electron chi connectivity index (χ4n) is 5.82. The van der Waals surface area contributed by atoms with E-state index in [1.165, 1.54) is 23.4 Å². The minimum absolute atomic E-state index is 0.0200. The largest absolute Gasteiger partial charge is 0.513 e. The SMILES string of the molecule is CC(=N/C(=C\O)C(=O)Nc1cc(C(=O)NC2CCCCC2)c(F)cc1N1CCN(c2ccccc2C)CC1)C1CC1. The minimum Gasteiger partial charge on any atom is -0.513 e. The first-order valence-corrected chi connectivity index (χ1v) is 14.7. The molecule has 0 unspecified atom stereocenters. The van der Waals surface area contributed by atoms with Crippen LogP contribution in [0.2, 0.25) is 0 Å². The predicted octanol–water partition coefficient (Wildman–Crippen LogP) is 5.73. The van der Waals surface area contributed by atoms with Crippen molar-refractivity contribution in [1.29, 1.82) is 0 Å². The number of hydrogen-bond donors (Lipinski definition) is 3. The van der Waals surface area contributed by atoms with Gasteiger partial charge in [0.15, 0.2) is 5.70 Å². The Labute approximate surface area is 241 Å². The maximum absolute atomic E-state index is 15.5. The maximum Gasteiger partial charge on any atom is 0.277 e. The molecule has 9 heteroatoms. The highest BCUT2D eigenvalue weighted by molar-refractivity contribution is 6.08. The van der Waals surface area contributed by atoms with Gasteiger partial charge in [-0.05, 0) is 63.1 Å². The van der Waals surface area contributed by atoms with E-state index in [1.54, 1.807) is 0 Å². The number of nitrogens with zero attached hydrogens (tertiary/aromatic N) is 3. The number of hydrogen-bond acceptors (Lipinski definition) is 6. The number of nitrogens with one attached hydrogen (secondary N) is 2. The molecule has 5 rings (SSSR count). The fraction of sp³-hybridized carbons (Fsp3) is 0.469. The molecule has 0 bridgehead atoms. The lowest BCUT2D eigenvalue weighted by Gasteiger charge is -2.38. The molecule has 0 radical (unpaired) electrons. The molecular weight excluding hydrogens is 521 g/mol. The number of carbonyl (C=O) groups excluding carboxylic acids is 2. The summed E-state index contributed by atoms with van der Waals surface area (Å²) in [5.41, 5.74) is 3.73. The summed E-state index contributed by atoms with van der Waals surface area (Å²) in [5, 5.41) is 15.6. The van der Waals surface area contributed by atoms with Crippen LogP contribution < -0.4 is 20.4 Å². The van der Waals surface area contributed by atoms with Crippen molar-refractivity contribution in [2.24, 2.45) is 10.9 Å². The maximum atomic E-state index is 15.5. The molecule has 218 valence electrons. The van der Waals surface area contributed by atoms with Crippen molar-refractivity contribution in [3.05, 3.63) is 65.3 Å². The van der Waals surface area contributed by atoms with E-state index in [4.69, 9.17) is 0 Å². The molecular formula is C32H40FN5O3. The second kappa shape index (κ2) is 12.7. The van der Waals surface area contributed by atoms with Gasteiger partial charge < -0.3 is 25.5 Å². The molecule has 8 nitrogen and oxygen atoms in total. The van der Waals surface area contributed by atoms with Crippen LogP contribution in [0, 0.1) is 18.7 Å². The first-order chi connectivity index (χ1) is 19.8. The average Bonchev–Trinajstić information content (AvgIpc) is 3.83. The van der Waals surface area contributed by atoms with Crippen LogP contribution in [0.3, 0.4) is 0 Å². The van der Waals surface area contributed by atoms with Gasteiger partial charge >= 0.3 is 0 Å². The van der Waals surface area contributed by atoms with Crippen LogP contribution in [0.15, 0.2) is 53.3 Å². The van der Waals surface area contributed by atoms with Crippen LogP contribution in [0.5, 0.6) is 0 Å². The molecule has 1 aliphatic heterocycles. The van der Waals surface area contributed by atoms with Gasteiger partial charge in [-0.1, -0.05) is 37.5 Å². The zero-order valence-electron chi connectivity index (χ0n) is 24.0. The quantitative estimate of drug-likeness (QED) is 0.217. The lowest BCUT2D eigenvalue weighted by Crippen LogP contribution is -2.47. The molecule has 1 heterocycles. The van der Waals surface area contributed by atoms with Crippen LogP contribution in [0.1, 0.15) is 67.8 Å². The van der Waals surface area contributed by atoms with Gasteiger partial charge in [0.2, 0.25) is 0 Å². The summed E-state index contributed by atoms with van der Waals surface area (Å²) in [6.07, 6.45) is 7.72. The van der Waals surface area contributed by atoms with E-state index < -0.39 is 17.6 Å². The third kappa shape index (κ3) is 6.89. The minimum atomic E-state index is -0.631. The molecule has 0 atom stereocenters. The molecule has 41 heavy (non-hydrogen) atoms. The highest BCUT2D eigenvalue weighted by Crippen LogP contribution is 2.33. The third-order valence-corrected chi connectivity index (χ3v) is 8.41. The van der Waals surface area contributed by atoms with Gasteiger partial charge in [-0.15, -0.1) is 0 Å². The Morgan fingerprint density at radius 2 is 1.63 bits per heavy atom. The first kappa shape index (κ1) is 28.6. The number of aliphatic hydroxyl groups excluding tert-OH is 1. The Kier molecular flexibility index (Phi) is 8.90. The van der Waals surface area contributed by atoms with Crippen molar-refractivity contribution in [3.8, 4) is 0 Å². The second-order valence-corrected chi connectivity index (χ2v) is 11.4. The van der Waals surface area contributed by atoms with E-state index >= 15 is 4.39 Å². The molecule has 0 spiro atoms. The van der Waals surface area contributed by atoms with E-state index in [1.807, 2.05) is 24.0 Å². The summed E-state index contributed by atoms with van der Waals surface area (Å²) >= 11 is 0. The lowest BCUT2D eigenvalue weighted by molar-refractivity contribution is -0.113. The van der Waals surface area contributed by atoms with E-state index in [-0.39, 0.29) is 17.3 Å². The summed E-state index contributed by atoms with van der Waals surface area (Å²) in [6.45, 7) is 6.57. The summed E-state index contributed by atoms with van der Waals surface area (Å²) < 4.78 is 15.5. The van der Waals surface area contributed by atoms with Gasteiger partial charge in [0.05, 0.1) is 16.9 Å². The summed E-state index contributed by atoms with van der Waals surface area (Å²) in [7, 11) is 0. The summed E-state index contributed by atoms with van der Waals surface area (Å²) in [5.74, 6) is -1.40. The van der Waals surface area contributed by atoms with Crippen molar-refractivity contribution < 1.29 is 19.1 Å². The van der Waals surface area contributed by atoms with Crippen molar-refractivity contribution in [2.75, 3.05) is 41.3 Å². The number of rotatable bonds is 8. The van der Waals surface area contributed by atoms with Gasteiger partial charge in [-0.2, -0.15) is 0 Å². The molecule has 3 N–H and O–H groups in total. The van der Waals surface area contributed by atoms with E-state index in [2.05, 4.69) is 39.6 Å². The number of carbonyl (C=O) groups is 2. The first-order valence-electron chi connectivity index (χ1n) is 14.7. The molecule has 2 aromatic carbocycles. The molecule has 3 fully saturated rings. The standard InChI is InChI=1S/C32H40FN5O3/c1-21-8-6-7-11-29(21)37-14-16-38(17-15-37)30-19-26(33)25(31(40)35-24-9-4-3-5-10-24)18-27(30)36-32(41)28(20-39)34-22(2)23-12-13-23/h6-8,11,18-20,23-24,39H,3-5,9-10,12-17H2,1-2H3,(H,35,40)(H,36,41)/b28-20-,34-22?. The Balaban J connectivity index is 1.40. The number of benzene rings is 2. The van der Waals surface area contributed by atoms with Crippen LogP contribution in [0.4, 0.5) is 21.5 Å². The van der Waals surface area contributed by atoms with Crippen LogP contribution in [-0.2, 0) is 4.79 Å². The van der Waals surface area contributed by atoms with E-state index in [0.29, 0.717) is 36.6 Å². The van der Waals surface area contributed by atoms with Crippen LogP contribution in [0.25, 0.3) is 0 Å². The monoisotopic (exact) mass is 561 g/mol. The summed E-state index contributed by atoms with van der Waals surface area (Å²) in [6, 6.07) is 11.0. The Bertz CT molecular complexity index is 1340. The number of piperazine rings is 1. The number of amides is 2. The van der Waals surface area contributed by atoms with Gasteiger partial charge in [0.25, 0.3) is 11.8 Å². The van der Waals surface area contributed by atoms with E-state index in [9.17, 15) is 14.7 Å². The molecule has 3 aliphatic rings. The third-order valence-electron chi connectivity index (χ3n) is 8.41. The number of anilines is 3. The summed E-state index contributed by atoms with van der Waals surface area (Å²) in [4.78, 5) is 35.1. The predicted molar refractivity (Wildman–Crippen MR) is 162 cm³/mol. The molecule has 2 aromatic rings. The second-order valence-electron chi connectivity index (χ2n) is 11.4. The van der Waals surface area contributed by atoms with Gasteiger partial charge in [0, 0.05) is 49.7 Å². The highest BCUT2D eigenvalue weighted by Gasteiger charge is 2.28. The fourth-order valence-corrected chi connectivity index (χ4v) is 5.82. The van der Waals surface area contributed by atoms with Gasteiger partial charge in [-0.25, -0.2) is 9.38 Å². The van der Waals surface area contributed by atoms with E-state index in [0.717, 1.165) is 63.7 Å². The van der Waals surface area contributed by atoms with Crippen molar-refractivity contribution in [2.45, 2.75) is 64.8 Å².